The number of hydrogen-bond donors (Lipinski definition) is 2. The van der Waals surface area contributed by atoms with Crippen LogP contribution in [0.3, 0.4) is 0 Å². The van der Waals surface area contributed by atoms with Gasteiger partial charge in [0.2, 0.25) is 0 Å². The van der Waals surface area contributed by atoms with Gasteiger partial charge in [-0.3, -0.25) is 4.90 Å². The van der Waals surface area contributed by atoms with E-state index in [2.05, 4.69) is 5.32 Å². The minimum atomic E-state index is -4.29. The van der Waals surface area contributed by atoms with Crippen molar-refractivity contribution in [1.29, 1.82) is 5.26 Å². The lowest BCUT2D eigenvalue weighted by atomic mass is 10.2. The van der Waals surface area contributed by atoms with E-state index < -0.39 is 18.8 Å². The van der Waals surface area contributed by atoms with E-state index in [1.54, 1.807) is 13.1 Å². The summed E-state index contributed by atoms with van der Waals surface area (Å²) in [4.78, 5) is 1.08. The van der Waals surface area contributed by atoms with Gasteiger partial charge in [-0.25, -0.2) is 0 Å². The highest BCUT2D eigenvalue weighted by Gasteiger charge is 2.31. The first-order valence-electron chi connectivity index (χ1n) is 4.87. The van der Waals surface area contributed by atoms with Crippen molar-refractivity contribution in [2.75, 3.05) is 33.2 Å². The zero-order chi connectivity index (χ0) is 12.6. The number of nitrogens with zero attached hydrogens (tertiary/aromatic N) is 2. The SMILES string of the molecule is CNCCN(C[C@H](O)CC#N)CC(F)(F)F. The number of alkyl halides is 3. The van der Waals surface area contributed by atoms with Gasteiger partial charge < -0.3 is 10.4 Å². The summed E-state index contributed by atoms with van der Waals surface area (Å²) in [6.45, 7) is -0.639. The van der Waals surface area contributed by atoms with Crippen molar-refractivity contribution >= 4 is 0 Å². The second-order valence-corrected chi connectivity index (χ2v) is 3.47. The number of nitrogens with one attached hydrogen (secondary N) is 1. The van der Waals surface area contributed by atoms with E-state index in [9.17, 15) is 18.3 Å². The van der Waals surface area contributed by atoms with E-state index in [1.807, 2.05) is 0 Å². The van der Waals surface area contributed by atoms with Crippen LogP contribution in [0.5, 0.6) is 0 Å². The Kier molecular flexibility index (Phi) is 7.05. The van der Waals surface area contributed by atoms with Gasteiger partial charge >= 0.3 is 6.18 Å². The number of halogens is 3. The molecule has 0 aliphatic rings. The third kappa shape index (κ3) is 8.47. The average molecular weight is 239 g/mol. The maximum Gasteiger partial charge on any atom is 0.401 e. The lowest BCUT2D eigenvalue weighted by Gasteiger charge is -2.25. The molecule has 0 aliphatic carbocycles. The van der Waals surface area contributed by atoms with E-state index in [1.165, 1.54) is 0 Å². The molecule has 0 aromatic rings. The van der Waals surface area contributed by atoms with Crippen LogP contribution in [0.1, 0.15) is 6.42 Å². The molecule has 16 heavy (non-hydrogen) atoms. The molecule has 4 nitrogen and oxygen atoms in total. The summed E-state index contributed by atoms with van der Waals surface area (Å²) in [5.41, 5.74) is 0. The molecule has 7 heteroatoms. The van der Waals surface area contributed by atoms with Crippen LogP contribution in [-0.4, -0.2) is 55.5 Å². The van der Waals surface area contributed by atoms with Crippen LogP contribution in [0.25, 0.3) is 0 Å². The molecule has 0 heterocycles. The van der Waals surface area contributed by atoms with Gasteiger partial charge in [0.1, 0.15) is 0 Å². The molecule has 0 amide bonds. The Morgan fingerprint density at radius 2 is 2.12 bits per heavy atom. The molecule has 0 aromatic carbocycles. The Labute approximate surface area is 92.7 Å². The fourth-order valence-electron chi connectivity index (χ4n) is 1.23. The van der Waals surface area contributed by atoms with Crippen molar-refractivity contribution in [2.45, 2.75) is 18.7 Å². The molecule has 0 aliphatic heterocycles. The molecule has 0 radical (unpaired) electrons. The molecule has 0 aromatic heterocycles. The lowest BCUT2D eigenvalue weighted by Crippen LogP contribution is -2.42. The third-order valence-electron chi connectivity index (χ3n) is 1.88. The predicted octanol–water partition coefficient (Wildman–Crippen LogP) is 0.345. The van der Waals surface area contributed by atoms with Crippen molar-refractivity contribution in [3.8, 4) is 6.07 Å². The highest BCUT2D eigenvalue weighted by molar-refractivity contribution is 4.78. The smallest absolute Gasteiger partial charge is 0.391 e. The largest absolute Gasteiger partial charge is 0.401 e. The van der Waals surface area contributed by atoms with Crippen LogP contribution < -0.4 is 5.32 Å². The number of rotatable bonds is 7. The highest BCUT2D eigenvalue weighted by atomic mass is 19.4. The van der Waals surface area contributed by atoms with Gasteiger partial charge in [0.15, 0.2) is 0 Å². The summed E-state index contributed by atoms with van der Waals surface area (Å²) in [6.07, 6.45) is -5.49. The van der Waals surface area contributed by atoms with Crippen LogP contribution >= 0.6 is 0 Å². The molecule has 0 bridgehead atoms. The Morgan fingerprint density at radius 1 is 1.50 bits per heavy atom. The summed E-state index contributed by atoms with van der Waals surface area (Å²) < 4.78 is 36.5. The molecule has 2 N–H and O–H groups in total. The zero-order valence-electron chi connectivity index (χ0n) is 9.09. The second kappa shape index (κ2) is 7.44. The summed E-state index contributed by atoms with van der Waals surface area (Å²) in [6, 6.07) is 1.72. The van der Waals surface area contributed by atoms with E-state index in [0.717, 1.165) is 4.90 Å². The standard InChI is InChI=1S/C9H16F3N3O/c1-14-4-5-15(7-9(10,11)12)6-8(16)2-3-13/h8,14,16H,2,4-7H2,1H3/t8-/m1/s1. The first-order chi connectivity index (χ1) is 7.39. The second-order valence-electron chi connectivity index (χ2n) is 3.47. The van der Waals surface area contributed by atoms with E-state index in [4.69, 9.17) is 5.26 Å². The number of aliphatic hydroxyl groups excluding tert-OH is 1. The van der Waals surface area contributed by atoms with Gasteiger partial charge in [0, 0.05) is 19.6 Å². The van der Waals surface area contributed by atoms with Crippen LogP contribution in [0, 0.1) is 11.3 Å². The maximum atomic E-state index is 12.2. The van der Waals surface area contributed by atoms with Gasteiger partial charge in [0.05, 0.1) is 25.1 Å². The monoisotopic (exact) mass is 239 g/mol. The van der Waals surface area contributed by atoms with Crippen molar-refractivity contribution in [1.82, 2.24) is 10.2 Å². The van der Waals surface area contributed by atoms with Gasteiger partial charge in [-0.1, -0.05) is 0 Å². The maximum absolute atomic E-state index is 12.2. The molecule has 0 saturated carbocycles. The van der Waals surface area contributed by atoms with Gasteiger partial charge in [0.25, 0.3) is 0 Å². The van der Waals surface area contributed by atoms with Crippen molar-refractivity contribution in [2.24, 2.45) is 0 Å². The Bertz CT molecular complexity index is 227. The quantitative estimate of drug-likeness (QED) is 0.673. The van der Waals surface area contributed by atoms with Crippen LogP contribution in [0.2, 0.25) is 0 Å². The normalized spacial score (nSPS) is 13.8. The Hall–Kier alpha value is -0.840. The summed E-state index contributed by atoms with van der Waals surface area (Å²) in [7, 11) is 1.64. The topological polar surface area (TPSA) is 59.3 Å². The molecule has 0 unspecified atom stereocenters. The summed E-state index contributed by atoms with van der Waals surface area (Å²) >= 11 is 0. The fraction of sp³-hybridized carbons (Fsp3) is 0.889. The molecule has 0 saturated heterocycles. The van der Waals surface area contributed by atoms with Crippen molar-refractivity contribution in [3.05, 3.63) is 0 Å². The average Bonchev–Trinajstić information content (AvgIpc) is 2.12. The van der Waals surface area contributed by atoms with Crippen molar-refractivity contribution in [3.63, 3.8) is 0 Å². The zero-order valence-corrected chi connectivity index (χ0v) is 9.09. The molecular formula is C9H16F3N3O. The molecule has 0 spiro atoms. The van der Waals surface area contributed by atoms with Crippen LogP contribution in [0.15, 0.2) is 0 Å². The highest BCUT2D eigenvalue weighted by Crippen LogP contribution is 2.16. The first-order valence-corrected chi connectivity index (χ1v) is 4.87. The minimum absolute atomic E-state index is 0.144. The van der Waals surface area contributed by atoms with E-state index in [0.29, 0.717) is 6.54 Å². The first kappa shape index (κ1) is 15.2. The third-order valence-corrected chi connectivity index (χ3v) is 1.88. The molecule has 0 fully saturated rings. The van der Waals surface area contributed by atoms with E-state index in [-0.39, 0.29) is 19.5 Å². The molecule has 0 rings (SSSR count). The molecular weight excluding hydrogens is 223 g/mol. The van der Waals surface area contributed by atoms with Crippen molar-refractivity contribution < 1.29 is 18.3 Å². The lowest BCUT2D eigenvalue weighted by molar-refractivity contribution is -0.148. The number of likely N-dealkylation sites (N-methyl/N-ethyl adjacent to an activating group) is 1. The van der Waals surface area contributed by atoms with Crippen LogP contribution in [0.4, 0.5) is 13.2 Å². The summed E-state index contributed by atoms with van der Waals surface area (Å²) in [5.74, 6) is 0. The molecule has 1 atom stereocenters. The van der Waals surface area contributed by atoms with Crippen LogP contribution in [-0.2, 0) is 0 Å². The predicted molar refractivity (Wildman–Crippen MR) is 52.7 cm³/mol. The number of aliphatic hydroxyl groups is 1. The Morgan fingerprint density at radius 3 is 2.56 bits per heavy atom. The Balaban J connectivity index is 4.15. The van der Waals surface area contributed by atoms with Gasteiger partial charge in [-0.05, 0) is 7.05 Å². The van der Waals surface area contributed by atoms with E-state index >= 15 is 0 Å². The van der Waals surface area contributed by atoms with Gasteiger partial charge in [-0.2, -0.15) is 18.4 Å². The fourth-order valence-corrected chi connectivity index (χ4v) is 1.23. The molecule has 94 valence electrons. The number of hydrogen-bond acceptors (Lipinski definition) is 4. The van der Waals surface area contributed by atoms with Gasteiger partial charge in [-0.15, -0.1) is 0 Å². The number of nitriles is 1. The minimum Gasteiger partial charge on any atom is -0.391 e. The summed E-state index contributed by atoms with van der Waals surface area (Å²) in [5, 5.41) is 20.3.